The fraction of sp³-hybridized carbons (Fsp3) is 0.190. The van der Waals surface area contributed by atoms with Gasteiger partial charge in [0.05, 0.1) is 23.8 Å². The highest BCUT2D eigenvalue weighted by atomic mass is 32.2. The lowest BCUT2D eigenvalue weighted by Gasteiger charge is -2.21. The fourth-order valence-corrected chi connectivity index (χ4v) is 4.19. The van der Waals surface area contributed by atoms with Gasteiger partial charge in [0.25, 0.3) is 15.9 Å². The van der Waals surface area contributed by atoms with Crippen LogP contribution in [0.5, 0.6) is 0 Å². The van der Waals surface area contributed by atoms with Gasteiger partial charge in [-0.1, -0.05) is 17.7 Å². The highest BCUT2D eigenvalue weighted by Crippen LogP contribution is 2.26. The quantitative estimate of drug-likeness (QED) is 0.588. The van der Waals surface area contributed by atoms with Crippen molar-refractivity contribution in [2.45, 2.75) is 11.8 Å². The molecule has 0 fully saturated rings. The molecular formula is C21H22N4O5S. The number of methoxy groups -OCH3 is 1. The van der Waals surface area contributed by atoms with Crippen molar-refractivity contribution in [3.8, 4) is 0 Å². The number of rotatable bonds is 6. The Morgan fingerprint density at radius 1 is 1.06 bits per heavy atom. The topological polar surface area (TPSA) is 111 Å². The van der Waals surface area contributed by atoms with E-state index in [1.165, 1.54) is 49.3 Å². The average molecular weight is 442 g/mol. The number of benzene rings is 2. The molecule has 1 N–H and O–H groups in total. The van der Waals surface area contributed by atoms with Gasteiger partial charge < -0.3 is 10.1 Å². The molecule has 1 aromatic heterocycles. The highest BCUT2D eigenvalue weighted by Gasteiger charge is 2.28. The van der Waals surface area contributed by atoms with Gasteiger partial charge >= 0.3 is 5.97 Å². The number of anilines is 2. The first-order valence-corrected chi connectivity index (χ1v) is 10.7. The normalized spacial score (nSPS) is 11.1. The summed E-state index contributed by atoms with van der Waals surface area (Å²) in [5, 5.41) is 6.74. The van der Waals surface area contributed by atoms with Crippen molar-refractivity contribution >= 4 is 33.4 Å². The summed E-state index contributed by atoms with van der Waals surface area (Å²) < 4.78 is 33.1. The lowest BCUT2D eigenvalue weighted by molar-refractivity contribution is 0.0600. The van der Waals surface area contributed by atoms with Crippen LogP contribution >= 0.6 is 0 Å². The molecule has 0 saturated heterocycles. The predicted octanol–water partition coefficient (Wildman–Crippen LogP) is 2.59. The molecule has 2 aromatic carbocycles. The second-order valence-electron chi connectivity index (χ2n) is 6.81. The van der Waals surface area contributed by atoms with E-state index in [-0.39, 0.29) is 16.3 Å². The SMILES string of the molecule is COC(=O)c1ccc(NC(=O)c2cnn(C)c2N(C)S(=O)(=O)c2ccc(C)cc2)cc1. The first-order chi connectivity index (χ1) is 14.6. The molecule has 3 rings (SSSR count). The third-order valence-electron chi connectivity index (χ3n) is 4.69. The Balaban J connectivity index is 1.88. The molecule has 0 aliphatic carbocycles. The van der Waals surface area contributed by atoms with Crippen LogP contribution in [0, 0.1) is 6.92 Å². The number of hydrogen-bond acceptors (Lipinski definition) is 6. The zero-order valence-corrected chi connectivity index (χ0v) is 18.3. The Hall–Kier alpha value is -3.66. The summed E-state index contributed by atoms with van der Waals surface area (Å²) in [6.45, 7) is 1.86. The van der Waals surface area contributed by atoms with Crippen LogP contribution in [-0.4, -0.2) is 44.2 Å². The molecule has 1 heterocycles. The third-order valence-corrected chi connectivity index (χ3v) is 6.46. The molecule has 9 nitrogen and oxygen atoms in total. The molecule has 0 bridgehead atoms. The first kappa shape index (κ1) is 22.0. The summed E-state index contributed by atoms with van der Waals surface area (Å²) in [6, 6.07) is 12.6. The van der Waals surface area contributed by atoms with Gasteiger partial charge in [0, 0.05) is 19.8 Å². The first-order valence-electron chi connectivity index (χ1n) is 9.22. The summed E-state index contributed by atoms with van der Waals surface area (Å²) >= 11 is 0. The van der Waals surface area contributed by atoms with E-state index in [2.05, 4.69) is 15.2 Å². The van der Waals surface area contributed by atoms with E-state index in [4.69, 9.17) is 0 Å². The zero-order valence-electron chi connectivity index (χ0n) is 17.5. The van der Waals surface area contributed by atoms with Gasteiger partial charge in [-0.3, -0.25) is 13.8 Å². The minimum Gasteiger partial charge on any atom is -0.465 e. The van der Waals surface area contributed by atoms with Crippen LogP contribution in [-0.2, 0) is 21.8 Å². The van der Waals surface area contributed by atoms with E-state index in [9.17, 15) is 18.0 Å². The van der Waals surface area contributed by atoms with E-state index in [0.717, 1.165) is 9.87 Å². The molecular weight excluding hydrogens is 420 g/mol. The van der Waals surface area contributed by atoms with Crippen molar-refractivity contribution in [2.75, 3.05) is 23.8 Å². The number of hydrogen-bond donors (Lipinski definition) is 1. The molecule has 0 unspecified atom stereocenters. The molecule has 0 spiro atoms. The molecule has 3 aromatic rings. The van der Waals surface area contributed by atoms with Crippen LogP contribution in [0.3, 0.4) is 0 Å². The van der Waals surface area contributed by atoms with E-state index < -0.39 is 21.9 Å². The number of carbonyl (C=O) groups excluding carboxylic acids is 2. The fourth-order valence-electron chi connectivity index (χ4n) is 2.95. The van der Waals surface area contributed by atoms with Crippen molar-refractivity contribution in [1.82, 2.24) is 9.78 Å². The van der Waals surface area contributed by atoms with E-state index in [0.29, 0.717) is 11.3 Å². The summed E-state index contributed by atoms with van der Waals surface area (Å²) in [5.41, 5.74) is 1.78. The second-order valence-corrected chi connectivity index (χ2v) is 8.78. The third kappa shape index (κ3) is 4.43. The maximum absolute atomic E-state index is 13.1. The lowest BCUT2D eigenvalue weighted by Crippen LogP contribution is -2.30. The molecule has 0 aliphatic rings. The monoisotopic (exact) mass is 442 g/mol. The summed E-state index contributed by atoms with van der Waals surface area (Å²) in [4.78, 5) is 24.5. The molecule has 0 saturated carbocycles. The van der Waals surface area contributed by atoms with Gasteiger partial charge in [0.2, 0.25) is 0 Å². The van der Waals surface area contributed by atoms with E-state index >= 15 is 0 Å². The van der Waals surface area contributed by atoms with Crippen LogP contribution < -0.4 is 9.62 Å². The maximum atomic E-state index is 13.1. The van der Waals surface area contributed by atoms with Crippen molar-refractivity contribution in [3.05, 3.63) is 71.4 Å². The van der Waals surface area contributed by atoms with E-state index in [1.807, 2.05) is 6.92 Å². The number of aromatic nitrogens is 2. The van der Waals surface area contributed by atoms with Gasteiger partial charge in [-0.25, -0.2) is 13.2 Å². The molecule has 0 radical (unpaired) electrons. The van der Waals surface area contributed by atoms with Gasteiger partial charge in [-0.15, -0.1) is 0 Å². The summed E-state index contributed by atoms with van der Waals surface area (Å²) in [6.07, 6.45) is 1.30. The largest absolute Gasteiger partial charge is 0.465 e. The number of amides is 1. The van der Waals surface area contributed by atoms with Gasteiger partial charge in [0.1, 0.15) is 5.56 Å². The Bertz CT molecular complexity index is 1220. The molecule has 1 amide bonds. The standard InChI is InChI=1S/C21H22N4O5S/c1-14-5-11-17(12-6-14)31(28,29)25(3)20-18(13-22-24(20)2)19(26)23-16-9-7-15(8-10-16)21(27)30-4/h5-13H,1-4H3,(H,23,26). The van der Waals surface area contributed by atoms with Gasteiger partial charge in [-0.2, -0.15) is 5.10 Å². The molecule has 31 heavy (non-hydrogen) atoms. The number of sulfonamides is 1. The minimum atomic E-state index is -3.91. The number of esters is 1. The Morgan fingerprint density at radius 2 is 1.68 bits per heavy atom. The number of ether oxygens (including phenoxy) is 1. The van der Waals surface area contributed by atoms with Crippen LogP contribution in [0.25, 0.3) is 0 Å². The van der Waals surface area contributed by atoms with Crippen molar-refractivity contribution in [1.29, 1.82) is 0 Å². The number of nitrogens with zero attached hydrogens (tertiary/aromatic N) is 3. The van der Waals surface area contributed by atoms with E-state index in [1.54, 1.807) is 31.3 Å². The number of aryl methyl sites for hydroxylation is 2. The zero-order chi connectivity index (χ0) is 22.8. The molecule has 10 heteroatoms. The van der Waals surface area contributed by atoms with Crippen LogP contribution in [0.15, 0.2) is 59.6 Å². The summed E-state index contributed by atoms with van der Waals surface area (Å²) in [5.74, 6) is -0.917. The second kappa shape index (κ2) is 8.60. The van der Waals surface area contributed by atoms with Crippen molar-refractivity contribution in [3.63, 3.8) is 0 Å². The van der Waals surface area contributed by atoms with Crippen LogP contribution in [0.1, 0.15) is 26.3 Å². The summed E-state index contributed by atoms with van der Waals surface area (Å²) in [7, 11) is 0.297. The minimum absolute atomic E-state index is 0.0812. The predicted molar refractivity (Wildman–Crippen MR) is 116 cm³/mol. The molecule has 0 aliphatic heterocycles. The van der Waals surface area contributed by atoms with Crippen LogP contribution in [0.2, 0.25) is 0 Å². The smallest absolute Gasteiger partial charge is 0.337 e. The van der Waals surface area contributed by atoms with Crippen LogP contribution in [0.4, 0.5) is 11.5 Å². The van der Waals surface area contributed by atoms with Gasteiger partial charge in [-0.05, 0) is 43.3 Å². The Labute approximate surface area is 180 Å². The number of nitrogens with one attached hydrogen (secondary N) is 1. The number of carbonyl (C=O) groups is 2. The average Bonchev–Trinajstić information content (AvgIpc) is 3.14. The van der Waals surface area contributed by atoms with Crippen molar-refractivity contribution in [2.24, 2.45) is 7.05 Å². The maximum Gasteiger partial charge on any atom is 0.337 e. The highest BCUT2D eigenvalue weighted by molar-refractivity contribution is 7.92. The Morgan fingerprint density at radius 3 is 2.26 bits per heavy atom. The molecule has 0 atom stereocenters. The van der Waals surface area contributed by atoms with Crippen molar-refractivity contribution < 1.29 is 22.7 Å². The molecule has 162 valence electrons. The lowest BCUT2D eigenvalue weighted by atomic mass is 10.2. The van der Waals surface area contributed by atoms with Gasteiger partial charge in [0.15, 0.2) is 5.82 Å². The Kier molecular flexibility index (Phi) is 6.11.